The topological polar surface area (TPSA) is 99.1 Å². The third kappa shape index (κ3) is 3.17. The van der Waals surface area contributed by atoms with Crippen molar-refractivity contribution in [3.63, 3.8) is 0 Å². The van der Waals surface area contributed by atoms with E-state index >= 15 is 0 Å². The van der Waals surface area contributed by atoms with E-state index in [0.29, 0.717) is 0 Å². The van der Waals surface area contributed by atoms with Crippen LogP contribution >= 0.6 is 11.6 Å². The van der Waals surface area contributed by atoms with Gasteiger partial charge in [-0.1, -0.05) is 11.6 Å². The largest absolute Gasteiger partial charge is 0.456 e. The molecule has 21 heavy (non-hydrogen) atoms. The summed E-state index contributed by atoms with van der Waals surface area (Å²) in [6.07, 6.45) is -11.0. The first kappa shape index (κ1) is 17.0. The zero-order valence-corrected chi connectivity index (χ0v) is 10.3. The Labute approximate surface area is 116 Å². The van der Waals surface area contributed by atoms with Gasteiger partial charge in [0.25, 0.3) is 11.6 Å². The maximum absolute atomic E-state index is 12.4. The van der Waals surface area contributed by atoms with E-state index in [1.807, 2.05) is 0 Å². The van der Waals surface area contributed by atoms with Crippen LogP contribution in [0.4, 0.5) is 37.8 Å². The minimum absolute atomic E-state index is 1.06. The minimum Gasteiger partial charge on any atom is -0.395 e. The van der Waals surface area contributed by atoms with Crippen LogP contribution < -0.4 is 11.5 Å². The zero-order valence-electron chi connectivity index (χ0n) is 9.56. The second-order valence-electron chi connectivity index (χ2n) is 3.60. The number of nitrogens with zero attached hydrogens (tertiary/aromatic N) is 1. The molecular weight excluding hydrogens is 332 g/mol. The molecule has 0 aliphatic carbocycles. The minimum atomic E-state index is -5.48. The third-order valence-electron chi connectivity index (χ3n) is 2.16. The number of nitrogens with two attached hydrogens (primary N) is 2. The number of hydrogen-bond acceptors (Lipinski definition) is 5. The Morgan fingerprint density at radius 2 is 1.38 bits per heavy atom. The highest BCUT2D eigenvalue weighted by Crippen LogP contribution is 2.36. The molecule has 0 amide bonds. The number of nitrogen functional groups attached to an aromatic ring is 2. The number of halogens is 7. The molecule has 1 aromatic heterocycles. The van der Waals surface area contributed by atoms with Gasteiger partial charge in [0.1, 0.15) is 11.5 Å². The summed E-state index contributed by atoms with van der Waals surface area (Å²) < 4.78 is 73.9. The molecule has 0 bridgehead atoms. The van der Waals surface area contributed by atoms with Crippen LogP contribution in [0.15, 0.2) is 0 Å². The van der Waals surface area contributed by atoms with Gasteiger partial charge in [0, 0.05) is 0 Å². The average molecular weight is 336 g/mol. The summed E-state index contributed by atoms with van der Waals surface area (Å²) >= 11 is 5.25. The summed E-state index contributed by atoms with van der Waals surface area (Å²) in [5.41, 5.74) is 5.84. The summed E-state index contributed by atoms with van der Waals surface area (Å²) in [7, 11) is 0. The predicted molar refractivity (Wildman–Crippen MR) is 58.8 cm³/mol. The molecule has 1 rings (SSSR count). The molecule has 116 valence electrons. The van der Waals surface area contributed by atoms with Crippen molar-refractivity contribution in [3.8, 4) is 0 Å². The smallest absolute Gasteiger partial charge is 0.395 e. The monoisotopic (exact) mass is 335 g/mol. The number of carbonyl (C=O) groups is 2. The van der Waals surface area contributed by atoms with Gasteiger partial charge in [0.05, 0.1) is 16.3 Å². The fourth-order valence-corrected chi connectivity index (χ4v) is 1.56. The van der Waals surface area contributed by atoms with Crippen LogP contribution in [-0.2, 0) is 0 Å². The first-order valence-corrected chi connectivity index (χ1v) is 5.13. The fourth-order valence-electron chi connectivity index (χ4n) is 1.24. The SMILES string of the molecule is Nc1nc(C(=O)C(F)(F)F)c(Cl)c(C(=O)C(F)(F)F)c1N. The summed E-state index contributed by atoms with van der Waals surface area (Å²) in [6, 6.07) is 0. The number of carbonyl (C=O) groups excluding carboxylic acids is 2. The number of anilines is 2. The van der Waals surface area contributed by atoms with Gasteiger partial charge in [-0.15, -0.1) is 0 Å². The van der Waals surface area contributed by atoms with Crippen molar-refractivity contribution >= 4 is 34.7 Å². The quantitative estimate of drug-likeness (QED) is 0.638. The average Bonchev–Trinajstić information content (AvgIpc) is 2.30. The number of alkyl halides is 6. The summed E-state index contributed by atoms with van der Waals surface area (Å²) in [4.78, 5) is 25.0. The second-order valence-corrected chi connectivity index (χ2v) is 3.98. The summed E-state index contributed by atoms with van der Waals surface area (Å²) in [6.45, 7) is 0. The van der Waals surface area contributed by atoms with Gasteiger partial charge in [-0.25, -0.2) is 4.98 Å². The van der Waals surface area contributed by atoms with Gasteiger partial charge < -0.3 is 11.5 Å². The summed E-state index contributed by atoms with van der Waals surface area (Å²) in [5.74, 6) is -6.36. The van der Waals surface area contributed by atoms with E-state index in [9.17, 15) is 35.9 Å². The van der Waals surface area contributed by atoms with E-state index in [0.717, 1.165) is 0 Å². The van der Waals surface area contributed by atoms with Crippen molar-refractivity contribution in [2.24, 2.45) is 0 Å². The molecule has 1 aromatic rings. The van der Waals surface area contributed by atoms with Crippen LogP contribution in [0.25, 0.3) is 0 Å². The van der Waals surface area contributed by atoms with Crippen molar-refractivity contribution in [2.45, 2.75) is 12.4 Å². The van der Waals surface area contributed by atoms with Gasteiger partial charge in [-0.3, -0.25) is 9.59 Å². The van der Waals surface area contributed by atoms with Gasteiger partial charge in [-0.2, -0.15) is 26.3 Å². The Kier molecular flexibility index (Phi) is 4.10. The zero-order chi connectivity index (χ0) is 16.7. The van der Waals surface area contributed by atoms with Crippen molar-refractivity contribution in [1.82, 2.24) is 4.98 Å². The van der Waals surface area contributed by atoms with E-state index < -0.39 is 51.7 Å². The fraction of sp³-hybridized carbons (Fsp3) is 0.222. The van der Waals surface area contributed by atoms with Crippen LogP contribution in [0.2, 0.25) is 5.02 Å². The molecule has 0 saturated carbocycles. The highest BCUT2D eigenvalue weighted by atomic mass is 35.5. The molecule has 12 heteroatoms. The molecule has 0 aromatic carbocycles. The lowest BCUT2D eigenvalue weighted by molar-refractivity contribution is -0.0889. The maximum atomic E-state index is 12.4. The first-order valence-electron chi connectivity index (χ1n) is 4.76. The number of rotatable bonds is 2. The van der Waals surface area contributed by atoms with Crippen molar-refractivity contribution in [1.29, 1.82) is 0 Å². The van der Waals surface area contributed by atoms with E-state index in [1.165, 1.54) is 0 Å². The number of pyridine rings is 1. The molecule has 0 radical (unpaired) electrons. The number of Topliss-reactive ketones (excluding diaryl/α,β-unsaturated/α-hetero) is 2. The van der Waals surface area contributed by atoms with Gasteiger partial charge in [-0.05, 0) is 0 Å². The predicted octanol–water partition coefficient (Wildman–Crippen LogP) is 2.39. The molecule has 1 heterocycles. The Morgan fingerprint density at radius 1 is 0.952 bits per heavy atom. The van der Waals surface area contributed by atoms with E-state index in [4.69, 9.17) is 23.1 Å². The number of ketones is 2. The Morgan fingerprint density at radius 3 is 1.76 bits per heavy atom. The molecule has 5 nitrogen and oxygen atoms in total. The Hall–Kier alpha value is -2.04. The van der Waals surface area contributed by atoms with Crippen LogP contribution in [-0.4, -0.2) is 28.9 Å². The summed E-state index contributed by atoms with van der Waals surface area (Å²) in [5, 5.41) is -1.47. The standard InChI is InChI=1S/C9H4ClF6N3O2/c10-2-1(5(20)8(11,12)13)3(17)7(18)19-4(2)6(21)9(14,15)16/h17H2,(H2,18,19). The van der Waals surface area contributed by atoms with Crippen molar-refractivity contribution in [2.75, 3.05) is 11.5 Å². The third-order valence-corrected chi connectivity index (χ3v) is 2.53. The molecule has 0 atom stereocenters. The van der Waals surface area contributed by atoms with E-state index in [2.05, 4.69) is 4.98 Å². The lowest BCUT2D eigenvalue weighted by Crippen LogP contribution is -2.29. The van der Waals surface area contributed by atoms with Crippen LogP contribution in [0.3, 0.4) is 0 Å². The highest BCUT2D eigenvalue weighted by Gasteiger charge is 2.46. The van der Waals surface area contributed by atoms with Crippen LogP contribution in [0.5, 0.6) is 0 Å². The Balaban J connectivity index is 3.65. The van der Waals surface area contributed by atoms with Gasteiger partial charge in [0.2, 0.25) is 0 Å². The van der Waals surface area contributed by atoms with Crippen molar-refractivity contribution < 1.29 is 35.9 Å². The molecule has 0 unspecified atom stereocenters. The molecule has 4 N–H and O–H groups in total. The van der Waals surface area contributed by atoms with Crippen molar-refractivity contribution in [3.05, 3.63) is 16.3 Å². The van der Waals surface area contributed by atoms with Gasteiger partial charge >= 0.3 is 12.4 Å². The molecule has 0 fully saturated rings. The molecular formula is C9H4ClF6N3O2. The normalized spacial score (nSPS) is 12.3. The van der Waals surface area contributed by atoms with Crippen LogP contribution in [0, 0.1) is 0 Å². The van der Waals surface area contributed by atoms with Gasteiger partial charge in [0.15, 0.2) is 0 Å². The first-order chi connectivity index (χ1) is 9.28. The maximum Gasteiger partial charge on any atom is 0.456 e. The highest BCUT2D eigenvalue weighted by molar-refractivity contribution is 6.38. The molecule has 0 saturated heterocycles. The Bertz CT molecular complexity index is 625. The number of aromatic nitrogens is 1. The molecule has 0 aliphatic rings. The van der Waals surface area contributed by atoms with E-state index in [-0.39, 0.29) is 0 Å². The second kappa shape index (κ2) is 5.06. The van der Waals surface area contributed by atoms with E-state index in [1.54, 1.807) is 0 Å². The number of hydrogen-bond donors (Lipinski definition) is 2. The lowest BCUT2D eigenvalue weighted by atomic mass is 10.1. The van der Waals surface area contributed by atoms with Crippen LogP contribution in [0.1, 0.15) is 20.8 Å². The lowest BCUT2D eigenvalue weighted by Gasteiger charge is -2.14. The molecule has 0 spiro atoms. The molecule has 0 aliphatic heterocycles.